The zero-order chi connectivity index (χ0) is 22.5. The first-order valence-electron chi connectivity index (χ1n) is 11.9. The second kappa shape index (κ2) is 10.4. The molecule has 0 spiro atoms. The Labute approximate surface area is 190 Å². The van der Waals surface area contributed by atoms with Crippen molar-refractivity contribution in [2.45, 2.75) is 57.9 Å². The third kappa shape index (κ3) is 5.83. The largest absolute Gasteiger partial charge is 0.349 e. The van der Waals surface area contributed by atoms with E-state index in [1.165, 1.54) is 41.8 Å². The molecule has 170 valence electrons. The molecule has 1 saturated carbocycles. The lowest BCUT2D eigenvalue weighted by Gasteiger charge is -2.30. The molecule has 1 amide bonds. The fourth-order valence-electron chi connectivity index (χ4n) is 5.04. The molecule has 1 heterocycles. The molecule has 2 aromatic rings. The van der Waals surface area contributed by atoms with Gasteiger partial charge in [-0.05, 0) is 106 Å². The van der Waals surface area contributed by atoms with Crippen LogP contribution in [0.15, 0.2) is 42.5 Å². The Kier molecular flexibility index (Phi) is 7.36. The molecule has 1 aliphatic carbocycles. The van der Waals surface area contributed by atoms with E-state index in [0.717, 1.165) is 63.7 Å². The number of fused-ring (bicyclic) bond motifs is 1. The van der Waals surface area contributed by atoms with Gasteiger partial charge in [-0.25, -0.2) is 4.39 Å². The molecule has 32 heavy (non-hydrogen) atoms. The maximum atomic E-state index is 13.0. The monoisotopic (exact) mass is 436 g/mol. The summed E-state index contributed by atoms with van der Waals surface area (Å²) in [6, 6.07) is 12.1. The van der Waals surface area contributed by atoms with E-state index in [2.05, 4.69) is 22.3 Å². The molecular weight excluding hydrogens is 403 g/mol. The van der Waals surface area contributed by atoms with E-state index in [1.807, 2.05) is 6.07 Å². The maximum absolute atomic E-state index is 13.0. The number of nitrogens with one attached hydrogen (secondary N) is 1. The average molecular weight is 437 g/mol. The number of benzene rings is 2. The van der Waals surface area contributed by atoms with Crippen molar-refractivity contribution in [3.8, 4) is 0 Å². The first-order valence-corrected chi connectivity index (χ1v) is 11.9. The van der Waals surface area contributed by atoms with Crippen molar-refractivity contribution in [1.29, 1.82) is 0 Å². The van der Waals surface area contributed by atoms with Crippen molar-refractivity contribution in [1.82, 2.24) is 10.2 Å². The fraction of sp³-hybridized carbons (Fsp3) is 0.481. The molecule has 4 rings (SSSR count). The van der Waals surface area contributed by atoms with Gasteiger partial charge >= 0.3 is 0 Å². The summed E-state index contributed by atoms with van der Waals surface area (Å²) in [6.07, 6.45) is 7.57. The minimum atomic E-state index is -0.323. The number of hydrogen-bond donors (Lipinski definition) is 1. The summed E-state index contributed by atoms with van der Waals surface area (Å²) in [4.78, 5) is 26.6. The molecule has 0 saturated heterocycles. The first-order chi connectivity index (χ1) is 15.5. The minimum absolute atomic E-state index is 0.106. The van der Waals surface area contributed by atoms with Crippen molar-refractivity contribution >= 4 is 11.7 Å². The van der Waals surface area contributed by atoms with Gasteiger partial charge in [0, 0.05) is 30.3 Å². The Bertz CT molecular complexity index is 949. The van der Waals surface area contributed by atoms with Crippen LogP contribution >= 0.6 is 0 Å². The second-order valence-electron chi connectivity index (χ2n) is 9.37. The fourth-order valence-corrected chi connectivity index (χ4v) is 5.04. The molecule has 0 atom stereocenters. The van der Waals surface area contributed by atoms with Gasteiger partial charge < -0.3 is 10.2 Å². The molecule has 4 nitrogen and oxygen atoms in total. The van der Waals surface area contributed by atoms with Crippen LogP contribution in [0.2, 0.25) is 0 Å². The normalized spacial score (nSPS) is 21.4. The van der Waals surface area contributed by atoms with Crippen LogP contribution in [0.1, 0.15) is 70.9 Å². The summed E-state index contributed by atoms with van der Waals surface area (Å²) in [5, 5.41) is 3.12. The third-order valence-corrected chi connectivity index (χ3v) is 7.15. The molecule has 5 heteroatoms. The van der Waals surface area contributed by atoms with E-state index in [0.29, 0.717) is 11.5 Å². The Morgan fingerprint density at radius 3 is 2.28 bits per heavy atom. The quantitative estimate of drug-likeness (QED) is 0.662. The van der Waals surface area contributed by atoms with E-state index in [1.54, 1.807) is 6.92 Å². The van der Waals surface area contributed by atoms with Crippen LogP contribution in [0.25, 0.3) is 0 Å². The molecule has 2 aromatic carbocycles. The summed E-state index contributed by atoms with van der Waals surface area (Å²) in [5.74, 6) is 0.420. The van der Waals surface area contributed by atoms with Gasteiger partial charge in [0.15, 0.2) is 5.78 Å². The molecule has 1 aliphatic heterocycles. The molecule has 0 radical (unpaired) electrons. The van der Waals surface area contributed by atoms with E-state index in [-0.39, 0.29) is 23.5 Å². The number of nitrogens with zero attached hydrogens (tertiary/aromatic N) is 1. The minimum Gasteiger partial charge on any atom is -0.349 e. The van der Waals surface area contributed by atoms with Crippen LogP contribution in [0, 0.1) is 11.7 Å². The van der Waals surface area contributed by atoms with Crippen molar-refractivity contribution in [3.05, 3.63) is 70.5 Å². The lowest BCUT2D eigenvalue weighted by molar-refractivity contribution is 0.0919. The highest BCUT2D eigenvalue weighted by Gasteiger charge is 2.24. The van der Waals surface area contributed by atoms with Crippen molar-refractivity contribution in [3.63, 3.8) is 0 Å². The number of Topliss-reactive ketones (excluding diaryl/α,β-unsaturated/α-hetero) is 1. The van der Waals surface area contributed by atoms with Gasteiger partial charge in [0.1, 0.15) is 5.82 Å². The molecule has 0 unspecified atom stereocenters. The van der Waals surface area contributed by atoms with Crippen LogP contribution in [0.5, 0.6) is 0 Å². The highest BCUT2D eigenvalue weighted by molar-refractivity contribution is 5.94. The topological polar surface area (TPSA) is 49.4 Å². The Hall–Kier alpha value is -2.53. The lowest BCUT2D eigenvalue weighted by atomic mass is 9.84. The maximum Gasteiger partial charge on any atom is 0.251 e. The second-order valence-corrected chi connectivity index (χ2v) is 9.37. The summed E-state index contributed by atoms with van der Waals surface area (Å²) in [7, 11) is 0. The Morgan fingerprint density at radius 1 is 0.938 bits per heavy atom. The van der Waals surface area contributed by atoms with E-state index in [4.69, 9.17) is 0 Å². The molecule has 0 aromatic heterocycles. The van der Waals surface area contributed by atoms with Crippen LogP contribution < -0.4 is 5.32 Å². The highest BCUT2D eigenvalue weighted by atomic mass is 19.1. The Morgan fingerprint density at radius 2 is 1.59 bits per heavy atom. The number of carbonyl (C=O) groups excluding carboxylic acids is 2. The predicted octanol–water partition coefficient (Wildman–Crippen LogP) is 4.81. The van der Waals surface area contributed by atoms with Gasteiger partial charge in [0.2, 0.25) is 0 Å². The average Bonchev–Trinajstić information content (AvgIpc) is 3.01. The van der Waals surface area contributed by atoms with Crippen molar-refractivity contribution in [2.75, 3.05) is 19.6 Å². The lowest BCUT2D eigenvalue weighted by Crippen LogP contribution is -2.38. The zero-order valence-corrected chi connectivity index (χ0v) is 18.9. The van der Waals surface area contributed by atoms with E-state index >= 15 is 0 Å². The van der Waals surface area contributed by atoms with Crippen LogP contribution in [-0.2, 0) is 12.8 Å². The van der Waals surface area contributed by atoms with Crippen LogP contribution in [0.3, 0.4) is 0 Å². The summed E-state index contributed by atoms with van der Waals surface area (Å²) in [5.41, 5.74) is 4.05. The smallest absolute Gasteiger partial charge is 0.251 e. The standard InChI is InChI=1S/C27H33FN2O2/c1-19(31)23-5-4-21-13-16-30(17-14-24(21)18-23)15-12-20-2-10-26(11-3-20)29-27(32)22-6-8-25(28)9-7-22/h4-9,18,20,26H,2-3,10-17H2,1H3,(H,29,32). The van der Waals surface area contributed by atoms with Gasteiger partial charge in [-0.2, -0.15) is 0 Å². The van der Waals surface area contributed by atoms with Gasteiger partial charge in [-0.1, -0.05) is 12.1 Å². The van der Waals surface area contributed by atoms with Gasteiger partial charge in [0.25, 0.3) is 5.91 Å². The molecule has 2 aliphatic rings. The number of carbonyl (C=O) groups is 2. The highest BCUT2D eigenvalue weighted by Crippen LogP contribution is 2.28. The molecule has 1 N–H and O–H groups in total. The van der Waals surface area contributed by atoms with E-state index in [9.17, 15) is 14.0 Å². The van der Waals surface area contributed by atoms with Gasteiger partial charge in [-0.3, -0.25) is 9.59 Å². The number of ketones is 1. The van der Waals surface area contributed by atoms with E-state index < -0.39 is 0 Å². The molecule has 1 fully saturated rings. The number of amides is 1. The van der Waals surface area contributed by atoms with Gasteiger partial charge in [0.05, 0.1) is 0 Å². The molecular formula is C27H33FN2O2. The van der Waals surface area contributed by atoms with Crippen LogP contribution in [0.4, 0.5) is 4.39 Å². The van der Waals surface area contributed by atoms with Crippen molar-refractivity contribution in [2.24, 2.45) is 5.92 Å². The summed E-state index contributed by atoms with van der Waals surface area (Å²) >= 11 is 0. The third-order valence-electron chi connectivity index (χ3n) is 7.15. The first kappa shape index (κ1) is 22.7. The Balaban J connectivity index is 1.19. The predicted molar refractivity (Wildman–Crippen MR) is 125 cm³/mol. The van der Waals surface area contributed by atoms with Crippen LogP contribution in [-0.4, -0.2) is 42.3 Å². The summed E-state index contributed by atoms with van der Waals surface area (Å²) < 4.78 is 13.0. The molecule has 0 bridgehead atoms. The number of halogens is 1. The number of hydrogen-bond acceptors (Lipinski definition) is 3. The zero-order valence-electron chi connectivity index (χ0n) is 18.9. The van der Waals surface area contributed by atoms with Gasteiger partial charge in [-0.15, -0.1) is 0 Å². The van der Waals surface area contributed by atoms with Crippen molar-refractivity contribution < 1.29 is 14.0 Å². The SMILES string of the molecule is CC(=O)c1ccc2c(c1)CCN(CCC1CCC(NC(=O)c3ccc(F)cc3)CC1)CC2. The number of rotatable bonds is 6. The summed E-state index contributed by atoms with van der Waals surface area (Å²) in [6.45, 7) is 4.88.